The molecule has 0 aromatic heterocycles. The Labute approximate surface area is 155 Å². The maximum absolute atomic E-state index is 12.4. The van der Waals surface area contributed by atoms with Crippen LogP contribution < -0.4 is 10.2 Å². The lowest BCUT2D eigenvalue weighted by molar-refractivity contribution is 0.194. The molecule has 0 spiro atoms. The Morgan fingerprint density at radius 1 is 1.20 bits per heavy atom. The fraction of sp³-hybridized carbons (Fsp3) is 0.550. The number of carbonyl (C=O) groups is 1. The minimum absolute atomic E-state index is 0.0684. The van der Waals surface area contributed by atoms with Gasteiger partial charge in [0, 0.05) is 43.4 Å². The van der Waals surface area contributed by atoms with E-state index in [1.807, 2.05) is 17.0 Å². The highest BCUT2D eigenvalue weighted by Gasteiger charge is 2.22. The van der Waals surface area contributed by atoms with E-state index in [9.17, 15) is 4.79 Å². The number of anilines is 1. The Morgan fingerprint density at radius 2 is 2.00 bits per heavy atom. The van der Waals surface area contributed by atoms with Crippen molar-refractivity contribution >= 4 is 23.3 Å². The van der Waals surface area contributed by atoms with Gasteiger partial charge in [0.05, 0.1) is 0 Å². The lowest BCUT2D eigenvalue weighted by Gasteiger charge is -2.36. The third kappa shape index (κ3) is 4.69. The molecule has 4 nitrogen and oxygen atoms in total. The lowest BCUT2D eigenvalue weighted by Crippen LogP contribution is -2.52. The van der Waals surface area contributed by atoms with Crippen molar-refractivity contribution in [1.82, 2.24) is 10.2 Å². The second kappa shape index (κ2) is 8.61. The zero-order valence-corrected chi connectivity index (χ0v) is 15.8. The second-order valence-corrected chi connectivity index (χ2v) is 7.36. The van der Waals surface area contributed by atoms with Gasteiger partial charge in [-0.2, -0.15) is 0 Å². The molecule has 1 aliphatic heterocycles. The standard InChI is InChI=1S/C20H28ClN3O/c1-16-18(21)8-5-9-19(16)23-12-14-24(15-13-23)20(25)22-11-10-17-6-3-2-4-7-17/h5-6,8-9H,2-4,7,10-15H2,1H3,(H,22,25). The summed E-state index contributed by atoms with van der Waals surface area (Å²) in [4.78, 5) is 16.6. The van der Waals surface area contributed by atoms with Gasteiger partial charge < -0.3 is 15.1 Å². The molecule has 3 rings (SSSR count). The van der Waals surface area contributed by atoms with Crippen LogP contribution in [0.5, 0.6) is 0 Å². The molecule has 1 aromatic carbocycles. The van der Waals surface area contributed by atoms with Crippen LogP contribution in [0.1, 0.15) is 37.7 Å². The van der Waals surface area contributed by atoms with Gasteiger partial charge in [0.2, 0.25) is 0 Å². The van der Waals surface area contributed by atoms with Crippen LogP contribution in [-0.2, 0) is 0 Å². The molecule has 0 radical (unpaired) electrons. The molecule has 2 aliphatic rings. The van der Waals surface area contributed by atoms with Crippen LogP contribution in [0.2, 0.25) is 5.02 Å². The number of urea groups is 1. The Bertz CT molecular complexity index is 636. The molecule has 1 aliphatic carbocycles. The van der Waals surface area contributed by atoms with Crippen molar-refractivity contribution in [2.24, 2.45) is 0 Å². The van der Waals surface area contributed by atoms with E-state index >= 15 is 0 Å². The number of halogens is 1. The molecule has 5 heteroatoms. The van der Waals surface area contributed by atoms with Gasteiger partial charge in [-0.1, -0.05) is 29.3 Å². The van der Waals surface area contributed by atoms with Crippen molar-refractivity contribution in [2.45, 2.75) is 39.0 Å². The van der Waals surface area contributed by atoms with Crippen LogP contribution in [-0.4, -0.2) is 43.7 Å². The highest BCUT2D eigenvalue weighted by molar-refractivity contribution is 6.31. The fourth-order valence-corrected chi connectivity index (χ4v) is 3.83. The molecule has 25 heavy (non-hydrogen) atoms. The molecular formula is C20H28ClN3O. The van der Waals surface area contributed by atoms with Crippen LogP contribution in [0, 0.1) is 6.92 Å². The number of hydrogen-bond acceptors (Lipinski definition) is 2. The number of piperazine rings is 1. The third-order valence-corrected chi connectivity index (χ3v) is 5.66. The van der Waals surface area contributed by atoms with E-state index in [4.69, 9.17) is 11.6 Å². The predicted octanol–water partition coefficient (Wildman–Crippen LogP) is 4.37. The van der Waals surface area contributed by atoms with Gasteiger partial charge in [0.1, 0.15) is 0 Å². The van der Waals surface area contributed by atoms with Crippen molar-refractivity contribution in [1.29, 1.82) is 0 Å². The summed E-state index contributed by atoms with van der Waals surface area (Å²) in [7, 11) is 0. The van der Waals surface area contributed by atoms with Crippen molar-refractivity contribution < 1.29 is 4.79 Å². The van der Waals surface area contributed by atoms with E-state index in [0.29, 0.717) is 0 Å². The van der Waals surface area contributed by atoms with Gasteiger partial charge in [0.25, 0.3) is 0 Å². The molecule has 0 atom stereocenters. The van der Waals surface area contributed by atoms with Gasteiger partial charge in [-0.05, 0) is 56.7 Å². The summed E-state index contributed by atoms with van der Waals surface area (Å²) in [6, 6.07) is 6.09. The molecule has 1 heterocycles. The Morgan fingerprint density at radius 3 is 2.72 bits per heavy atom. The number of carbonyl (C=O) groups excluding carboxylic acids is 1. The monoisotopic (exact) mass is 361 g/mol. The molecule has 0 bridgehead atoms. The van der Waals surface area contributed by atoms with Crippen molar-refractivity contribution in [2.75, 3.05) is 37.6 Å². The first-order valence-electron chi connectivity index (χ1n) is 9.36. The molecule has 1 fully saturated rings. The smallest absolute Gasteiger partial charge is 0.317 e. The number of nitrogens with one attached hydrogen (secondary N) is 1. The first kappa shape index (κ1) is 18.1. The van der Waals surface area contributed by atoms with Gasteiger partial charge >= 0.3 is 6.03 Å². The predicted molar refractivity (Wildman–Crippen MR) is 105 cm³/mol. The van der Waals surface area contributed by atoms with Gasteiger partial charge in [0.15, 0.2) is 0 Å². The quantitative estimate of drug-likeness (QED) is 0.808. The minimum Gasteiger partial charge on any atom is -0.368 e. The van der Waals surface area contributed by atoms with E-state index in [1.165, 1.54) is 36.9 Å². The minimum atomic E-state index is 0.0684. The van der Waals surface area contributed by atoms with E-state index in [1.54, 1.807) is 0 Å². The van der Waals surface area contributed by atoms with E-state index in [0.717, 1.165) is 49.7 Å². The van der Waals surface area contributed by atoms with Gasteiger partial charge in [-0.3, -0.25) is 0 Å². The number of benzene rings is 1. The SMILES string of the molecule is Cc1c(Cl)cccc1N1CCN(C(=O)NCCC2=CCCCC2)CC1. The van der Waals surface area contributed by atoms with Crippen LogP contribution in [0.25, 0.3) is 0 Å². The molecule has 1 aromatic rings. The fourth-order valence-electron chi connectivity index (χ4n) is 3.66. The summed E-state index contributed by atoms with van der Waals surface area (Å²) in [6.07, 6.45) is 8.35. The molecule has 2 amide bonds. The zero-order valence-electron chi connectivity index (χ0n) is 15.1. The Balaban J connectivity index is 1.44. The van der Waals surface area contributed by atoms with Crippen LogP contribution in [0.4, 0.5) is 10.5 Å². The first-order valence-corrected chi connectivity index (χ1v) is 9.73. The highest BCUT2D eigenvalue weighted by atomic mass is 35.5. The van der Waals surface area contributed by atoms with Crippen molar-refractivity contribution in [3.05, 3.63) is 40.4 Å². The highest BCUT2D eigenvalue weighted by Crippen LogP contribution is 2.27. The van der Waals surface area contributed by atoms with Crippen molar-refractivity contribution in [3.63, 3.8) is 0 Å². The number of rotatable bonds is 4. The normalized spacial score (nSPS) is 18.1. The van der Waals surface area contributed by atoms with E-state index in [2.05, 4.69) is 29.3 Å². The molecule has 0 saturated carbocycles. The van der Waals surface area contributed by atoms with Gasteiger partial charge in [-0.15, -0.1) is 0 Å². The topological polar surface area (TPSA) is 35.6 Å². The largest absolute Gasteiger partial charge is 0.368 e. The summed E-state index contributed by atoms with van der Waals surface area (Å²) < 4.78 is 0. The molecule has 136 valence electrons. The van der Waals surface area contributed by atoms with Crippen molar-refractivity contribution in [3.8, 4) is 0 Å². The summed E-state index contributed by atoms with van der Waals surface area (Å²) in [6.45, 7) is 6.00. The average molecular weight is 362 g/mol. The third-order valence-electron chi connectivity index (χ3n) is 5.25. The number of amides is 2. The molecule has 1 N–H and O–H groups in total. The van der Waals surface area contributed by atoms with E-state index in [-0.39, 0.29) is 6.03 Å². The Hall–Kier alpha value is -1.68. The summed E-state index contributed by atoms with van der Waals surface area (Å²) in [5.41, 5.74) is 3.80. The van der Waals surface area contributed by atoms with E-state index < -0.39 is 0 Å². The second-order valence-electron chi connectivity index (χ2n) is 6.95. The maximum Gasteiger partial charge on any atom is 0.317 e. The summed E-state index contributed by atoms with van der Waals surface area (Å²) in [5.74, 6) is 0. The van der Waals surface area contributed by atoms with Crippen LogP contribution in [0.15, 0.2) is 29.8 Å². The van der Waals surface area contributed by atoms with Crippen LogP contribution >= 0.6 is 11.6 Å². The molecule has 0 unspecified atom stereocenters. The molecule has 1 saturated heterocycles. The summed E-state index contributed by atoms with van der Waals surface area (Å²) >= 11 is 6.23. The first-order chi connectivity index (χ1) is 12.1. The number of hydrogen-bond donors (Lipinski definition) is 1. The maximum atomic E-state index is 12.4. The Kier molecular flexibility index (Phi) is 6.24. The zero-order chi connectivity index (χ0) is 17.6. The number of nitrogens with zero attached hydrogens (tertiary/aromatic N) is 2. The molecular weight excluding hydrogens is 334 g/mol. The average Bonchev–Trinajstić information content (AvgIpc) is 2.65. The summed E-state index contributed by atoms with van der Waals surface area (Å²) in [5, 5.41) is 3.88. The van der Waals surface area contributed by atoms with Crippen LogP contribution in [0.3, 0.4) is 0 Å². The lowest BCUT2D eigenvalue weighted by atomic mass is 9.97. The van der Waals surface area contributed by atoms with Gasteiger partial charge in [-0.25, -0.2) is 4.79 Å². The number of allylic oxidation sites excluding steroid dienone is 1.